The third-order valence-corrected chi connectivity index (χ3v) is 2.70. The number of aromatic nitrogens is 2. The minimum absolute atomic E-state index is 1.00. The van der Waals surface area contributed by atoms with Crippen molar-refractivity contribution in [3.05, 3.63) is 18.3 Å². The fourth-order valence-corrected chi connectivity index (χ4v) is 1.76. The number of rotatable bonds is 2. The van der Waals surface area contributed by atoms with Crippen molar-refractivity contribution in [1.82, 2.24) is 15.1 Å². The first-order valence-electron chi connectivity index (χ1n) is 5.15. The van der Waals surface area contributed by atoms with Gasteiger partial charge in [0.05, 0.1) is 0 Å². The van der Waals surface area contributed by atoms with Crippen LogP contribution < -0.4 is 4.90 Å². The summed E-state index contributed by atoms with van der Waals surface area (Å²) in [5.41, 5.74) is 0. The van der Waals surface area contributed by atoms with Crippen LogP contribution in [-0.4, -0.2) is 47.8 Å². The van der Waals surface area contributed by atoms with Gasteiger partial charge in [0, 0.05) is 32.4 Å². The van der Waals surface area contributed by atoms with Crippen LogP contribution in [-0.2, 0) is 0 Å². The summed E-state index contributed by atoms with van der Waals surface area (Å²) in [4.78, 5) is 4.74. The zero-order valence-electron chi connectivity index (χ0n) is 8.56. The Hall–Kier alpha value is -1.16. The Bertz CT molecular complexity index is 267. The first kappa shape index (κ1) is 9.40. The highest BCUT2D eigenvalue weighted by Crippen LogP contribution is 2.10. The summed E-state index contributed by atoms with van der Waals surface area (Å²) < 4.78 is 0. The van der Waals surface area contributed by atoms with Gasteiger partial charge in [-0.3, -0.25) is 0 Å². The number of hydrogen-bond donors (Lipinski definition) is 0. The lowest BCUT2D eigenvalue weighted by molar-refractivity contribution is 0.270. The lowest BCUT2D eigenvalue weighted by atomic mass is 10.3. The third kappa shape index (κ3) is 2.01. The molecule has 0 unspecified atom stereocenters. The number of nitrogens with zero attached hydrogens (tertiary/aromatic N) is 4. The van der Waals surface area contributed by atoms with Crippen molar-refractivity contribution >= 4 is 5.82 Å². The van der Waals surface area contributed by atoms with Crippen molar-refractivity contribution in [2.24, 2.45) is 0 Å². The zero-order chi connectivity index (χ0) is 9.80. The zero-order valence-corrected chi connectivity index (χ0v) is 8.56. The summed E-state index contributed by atoms with van der Waals surface area (Å²) in [5.74, 6) is 1.00. The summed E-state index contributed by atoms with van der Waals surface area (Å²) in [5, 5.41) is 8.00. The van der Waals surface area contributed by atoms with Gasteiger partial charge in [0.15, 0.2) is 5.82 Å². The summed E-state index contributed by atoms with van der Waals surface area (Å²) in [6.45, 7) is 7.74. The molecule has 1 aliphatic rings. The second-order valence-electron chi connectivity index (χ2n) is 3.50. The molecule has 1 saturated heterocycles. The lowest BCUT2D eigenvalue weighted by Gasteiger charge is -2.34. The molecule has 2 rings (SSSR count). The molecule has 0 saturated carbocycles. The molecule has 0 atom stereocenters. The lowest BCUT2D eigenvalue weighted by Crippen LogP contribution is -2.46. The summed E-state index contributed by atoms with van der Waals surface area (Å²) in [6.07, 6.45) is 1.71. The largest absolute Gasteiger partial charge is 0.353 e. The van der Waals surface area contributed by atoms with Crippen molar-refractivity contribution < 1.29 is 0 Å². The van der Waals surface area contributed by atoms with E-state index >= 15 is 0 Å². The second kappa shape index (κ2) is 4.37. The molecule has 0 aliphatic carbocycles. The van der Waals surface area contributed by atoms with Gasteiger partial charge in [-0.05, 0) is 18.7 Å². The molecule has 0 bridgehead atoms. The number of anilines is 1. The molecule has 0 amide bonds. The predicted octanol–water partition coefficient (Wildman–Crippen LogP) is 0.618. The Morgan fingerprint density at radius 1 is 1.29 bits per heavy atom. The minimum Gasteiger partial charge on any atom is -0.353 e. The minimum atomic E-state index is 1.00. The standard InChI is InChI=1S/C10H16N4/c1-2-13-6-8-14(9-7-13)10-4-3-5-11-12-10/h3-5H,2,6-9H2,1H3. The van der Waals surface area contributed by atoms with Crippen LogP contribution in [0, 0.1) is 0 Å². The normalized spacial score (nSPS) is 18.5. The number of hydrogen-bond acceptors (Lipinski definition) is 4. The SMILES string of the molecule is CCN1CCN(c2cccnn2)CC1. The van der Waals surface area contributed by atoms with E-state index < -0.39 is 0 Å². The maximum Gasteiger partial charge on any atom is 0.151 e. The van der Waals surface area contributed by atoms with Gasteiger partial charge in [0.1, 0.15) is 0 Å². The fraction of sp³-hybridized carbons (Fsp3) is 0.600. The maximum absolute atomic E-state index is 4.11. The summed E-state index contributed by atoms with van der Waals surface area (Å²) >= 11 is 0. The van der Waals surface area contributed by atoms with Crippen LogP contribution in [0.2, 0.25) is 0 Å². The molecule has 1 aromatic heterocycles. The van der Waals surface area contributed by atoms with Crippen LogP contribution in [0.15, 0.2) is 18.3 Å². The van der Waals surface area contributed by atoms with Crippen LogP contribution in [0.3, 0.4) is 0 Å². The van der Waals surface area contributed by atoms with E-state index in [4.69, 9.17) is 0 Å². The average Bonchev–Trinajstić information content (AvgIpc) is 2.30. The average molecular weight is 192 g/mol. The second-order valence-corrected chi connectivity index (χ2v) is 3.50. The quantitative estimate of drug-likeness (QED) is 0.687. The van der Waals surface area contributed by atoms with E-state index in [0.717, 1.165) is 38.5 Å². The first-order chi connectivity index (χ1) is 6.90. The summed E-state index contributed by atoms with van der Waals surface area (Å²) in [6, 6.07) is 3.96. The molecule has 2 heterocycles. The topological polar surface area (TPSA) is 32.3 Å². The van der Waals surface area contributed by atoms with Crippen LogP contribution in [0.5, 0.6) is 0 Å². The van der Waals surface area contributed by atoms with Gasteiger partial charge < -0.3 is 9.80 Å². The molecular weight excluding hydrogens is 176 g/mol. The van der Waals surface area contributed by atoms with Gasteiger partial charge >= 0.3 is 0 Å². The van der Waals surface area contributed by atoms with Gasteiger partial charge in [0.25, 0.3) is 0 Å². The third-order valence-electron chi connectivity index (χ3n) is 2.70. The molecular formula is C10H16N4. The number of likely N-dealkylation sites (N-methyl/N-ethyl adjacent to an activating group) is 1. The Morgan fingerprint density at radius 2 is 2.07 bits per heavy atom. The van der Waals surface area contributed by atoms with E-state index in [0.29, 0.717) is 0 Å². The molecule has 0 aromatic carbocycles. The van der Waals surface area contributed by atoms with Crippen molar-refractivity contribution in [2.45, 2.75) is 6.92 Å². The van der Waals surface area contributed by atoms with Crippen molar-refractivity contribution in [3.8, 4) is 0 Å². The van der Waals surface area contributed by atoms with E-state index in [9.17, 15) is 0 Å². The molecule has 76 valence electrons. The number of piperazine rings is 1. The molecule has 1 fully saturated rings. The van der Waals surface area contributed by atoms with Gasteiger partial charge in [-0.25, -0.2) is 0 Å². The van der Waals surface area contributed by atoms with Crippen LogP contribution in [0.25, 0.3) is 0 Å². The van der Waals surface area contributed by atoms with Gasteiger partial charge in [0.2, 0.25) is 0 Å². The molecule has 0 N–H and O–H groups in total. The monoisotopic (exact) mass is 192 g/mol. The predicted molar refractivity (Wildman–Crippen MR) is 56.4 cm³/mol. The van der Waals surface area contributed by atoms with E-state index in [-0.39, 0.29) is 0 Å². The smallest absolute Gasteiger partial charge is 0.151 e. The van der Waals surface area contributed by atoms with Crippen LogP contribution in [0.1, 0.15) is 6.92 Å². The van der Waals surface area contributed by atoms with E-state index in [1.54, 1.807) is 6.20 Å². The first-order valence-corrected chi connectivity index (χ1v) is 5.15. The van der Waals surface area contributed by atoms with Gasteiger partial charge in [-0.1, -0.05) is 6.92 Å². The molecule has 4 heteroatoms. The van der Waals surface area contributed by atoms with Crippen LogP contribution >= 0.6 is 0 Å². The molecule has 0 radical (unpaired) electrons. The highest BCUT2D eigenvalue weighted by molar-refractivity contribution is 5.36. The molecule has 1 aromatic rings. The van der Waals surface area contributed by atoms with Crippen molar-refractivity contribution in [2.75, 3.05) is 37.6 Å². The highest BCUT2D eigenvalue weighted by atomic mass is 15.3. The molecule has 4 nitrogen and oxygen atoms in total. The van der Waals surface area contributed by atoms with E-state index in [1.807, 2.05) is 12.1 Å². The van der Waals surface area contributed by atoms with Crippen LogP contribution in [0.4, 0.5) is 5.82 Å². The van der Waals surface area contributed by atoms with Crippen molar-refractivity contribution in [1.29, 1.82) is 0 Å². The van der Waals surface area contributed by atoms with Gasteiger partial charge in [-0.15, -0.1) is 5.10 Å². The molecule has 1 aliphatic heterocycles. The summed E-state index contributed by atoms with van der Waals surface area (Å²) in [7, 11) is 0. The molecule has 0 spiro atoms. The maximum atomic E-state index is 4.11. The fourth-order valence-electron chi connectivity index (χ4n) is 1.76. The Labute approximate surface area is 84.5 Å². The van der Waals surface area contributed by atoms with E-state index in [2.05, 4.69) is 26.9 Å². The Balaban J connectivity index is 1.96. The Morgan fingerprint density at radius 3 is 2.64 bits per heavy atom. The Kier molecular flexibility index (Phi) is 2.93. The highest BCUT2D eigenvalue weighted by Gasteiger charge is 2.16. The molecule has 14 heavy (non-hydrogen) atoms. The van der Waals surface area contributed by atoms with E-state index in [1.165, 1.54) is 0 Å². The van der Waals surface area contributed by atoms with Gasteiger partial charge in [-0.2, -0.15) is 5.10 Å². The van der Waals surface area contributed by atoms with Crippen molar-refractivity contribution in [3.63, 3.8) is 0 Å².